The Labute approximate surface area is 323 Å². The van der Waals surface area contributed by atoms with Gasteiger partial charge in [-0.1, -0.05) is 20.8 Å². The normalized spacial score (nSPS) is 51.0. The Morgan fingerprint density at radius 2 is 0.957 bits per heavy atom. The van der Waals surface area contributed by atoms with Crippen LogP contribution < -0.4 is 0 Å². The van der Waals surface area contributed by atoms with E-state index in [1.54, 1.807) is 13.8 Å². The summed E-state index contributed by atoms with van der Waals surface area (Å²) in [6, 6.07) is 0. The van der Waals surface area contributed by atoms with Gasteiger partial charge in [0.25, 0.3) is 0 Å². The zero-order valence-electron chi connectivity index (χ0n) is 31.6. The Balaban J connectivity index is 1.47. The molecule has 0 bridgehead atoms. The van der Waals surface area contributed by atoms with Crippen molar-refractivity contribution in [2.75, 3.05) is 0 Å². The summed E-state index contributed by atoms with van der Waals surface area (Å²) in [4.78, 5) is 25.7. The summed E-state index contributed by atoms with van der Waals surface area (Å²) in [7, 11) is 0. The molecule has 266 valence electrons. The van der Waals surface area contributed by atoms with E-state index in [1.165, 1.54) is 0 Å². The molecule has 0 amide bonds. The van der Waals surface area contributed by atoms with Crippen LogP contribution in [0.4, 0.5) is 0 Å². The van der Waals surface area contributed by atoms with Crippen molar-refractivity contribution in [3.8, 4) is 0 Å². The molecule has 4 aliphatic heterocycles. The number of Topliss-reactive ketones (excluding diaryl/α,β-unsaturated/α-hetero) is 2. The maximum atomic E-state index is 13.1. The smallest absolute Gasteiger partial charge is 0.0617 e. The van der Waals surface area contributed by atoms with Crippen LogP contribution in [0.5, 0.6) is 0 Å². The molecule has 4 saturated heterocycles. The van der Waals surface area contributed by atoms with Crippen molar-refractivity contribution < 1.29 is 42.7 Å². The Hall–Kier alpha value is 0.865. The Morgan fingerprint density at radius 3 is 1.51 bits per heavy atom. The topological polar surface area (TPSA) is 98.8 Å². The van der Waals surface area contributed by atoms with Crippen LogP contribution in [0, 0.1) is 47.3 Å². The third kappa shape index (κ3) is 8.58. The second kappa shape index (κ2) is 17.1. The first-order chi connectivity index (χ1) is 22.0. The van der Waals surface area contributed by atoms with Crippen LogP contribution in [0.25, 0.3) is 0 Å². The number of carbonyl (C=O) groups is 2. The van der Waals surface area contributed by atoms with Crippen molar-refractivity contribution in [2.45, 2.75) is 170 Å². The molecule has 0 N–H and O–H groups in total. The third-order valence-electron chi connectivity index (χ3n) is 13.0. The van der Waals surface area contributed by atoms with E-state index in [-0.39, 0.29) is 138 Å². The number of hydrogen-bond donors (Lipinski definition) is 0. The van der Waals surface area contributed by atoms with Gasteiger partial charge >= 0.3 is 294 Å². The Bertz CT molecular complexity index is 1050. The van der Waals surface area contributed by atoms with E-state index in [9.17, 15) is 9.59 Å². The van der Waals surface area contributed by atoms with Gasteiger partial charge in [0, 0.05) is 0 Å². The molecule has 0 spiro atoms. The third-order valence-corrected chi connectivity index (χ3v) is 16.9. The fourth-order valence-electron chi connectivity index (χ4n) is 8.33. The molecule has 47 heavy (non-hydrogen) atoms. The van der Waals surface area contributed by atoms with Crippen LogP contribution in [0.1, 0.15) is 103 Å². The molecule has 0 aliphatic carbocycles. The fraction of sp³-hybridized carbons (Fsp3) is 0.946. The van der Waals surface area contributed by atoms with E-state index in [0.717, 1.165) is 12.8 Å². The van der Waals surface area contributed by atoms with Gasteiger partial charge in [-0.15, -0.1) is 0 Å². The maximum absolute atomic E-state index is 13.1. The van der Waals surface area contributed by atoms with Crippen LogP contribution in [-0.4, -0.2) is 135 Å². The molecule has 0 saturated carbocycles. The van der Waals surface area contributed by atoms with Crippen molar-refractivity contribution in [3.05, 3.63) is 0 Å². The van der Waals surface area contributed by atoms with Gasteiger partial charge in [0.15, 0.2) is 0 Å². The molecule has 0 radical (unpaired) electrons. The standard InChI is InChI=1S/C37H63O9.Rb/c1-14-28-20(6)18(4)23(9)36(42-28)45-33-22(8)24(10)37(46-35(33)26(12)39)44-31-17(3)16-30(41-29(31)15-2)43-32-21(7)19(5)27(13)40-34(32)25(11)38;/h16-24,27-37H,14-15H2,1-13H3;/t17-,18+,19+,20+,21?,22-,23?,24?,27?,28?,29?,30+,31+,32-,33+,34?,35?,36-,37-;/m1./s1. The summed E-state index contributed by atoms with van der Waals surface area (Å²) >= 11 is 0.145. The fourth-order valence-corrected chi connectivity index (χ4v) is 10.0. The predicted molar refractivity (Wildman–Crippen MR) is 180 cm³/mol. The molecule has 0 aromatic heterocycles. The van der Waals surface area contributed by atoms with Crippen molar-refractivity contribution >= 4 is 67.1 Å². The van der Waals surface area contributed by atoms with E-state index in [0.29, 0.717) is 11.8 Å². The van der Waals surface area contributed by atoms with Crippen molar-refractivity contribution in [3.63, 3.8) is 0 Å². The van der Waals surface area contributed by atoms with Crippen molar-refractivity contribution in [1.29, 1.82) is 0 Å². The van der Waals surface area contributed by atoms with E-state index in [4.69, 9.17) is 33.2 Å². The van der Waals surface area contributed by atoms with Gasteiger partial charge in [0.05, 0.1) is 0 Å². The molecule has 4 rings (SSSR count). The van der Waals surface area contributed by atoms with Crippen LogP contribution in [-0.2, 0) is 42.7 Å². The molecule has 4 aliphatic rings. The van der Waals surface area contributed by atoms with Crippen LogP contribution in [0.3, 0.4) is 0 Å². The summed E-state index contributed by atoms with van der Waals surface area (Å²) in [6.45, 7) is 27.0. The van der Waals surface area contributed by atoms with Crippen molar-refractivity contribution in [1.82, 2.24) is 0 Å². The first kappa shape index (κ1) is 40.6. The number of ketones is 2. The summed E-state index contributed by atoms with van der Waals surface area (Å²) in [5.74, 6) is 1.56. The first-order valence-electron chi connectivity index (χ1n) is 18.6. The summed E-state index contributed by atoms with van der Waals surface area (Å²) < 4.78 is 46.4. The SMILES string of the molecule is CCC1O[C@H](O[C@@H]2C(C(C)=O)O[C@@H](O[C@@H]3C(CC)O[C@@H](O[C@H]4C(C(C)=O)OC(C)[C@@H](C)C4C)[CH]([Rb])[C@H]3C)C(C)[C@H]2C)C(C)[C@@H](C)[C@@H]1C. The predicted octanol–water partition coefficient (Wildman–Crippen LogP) is 6.15. The molecule has 4 fully saturated rings. The van der Waals surface area contributed by atoms with Gasteiger partial charge < -0.3 is 0 Å². The number of rotatable bonds is 10. The first-order valence-corrected chi connectivity index (χ1v) is 21.5. The Morgan fingerprint density at radius 1 is 0.511 bits per heavy atom. The quantitative estimate of drug-likeness (QED) is 0.262. The van der Waals surface area contributed by atoms with Gasteiger partial charge in [0.1, 0.15) is 0 Å². The average molecular weight is 737 g/mol. The number of ether oxygens (including phenoxy) is 7. The molecular weight excluding hydrogens is 674 g/mol. The minimum absolute atomic E-state index is 0.00133. The zero-order valence-corrected chi connectivity index (χ0v) is 36.6. The van der Waals surface area contributed by atoms with Crippen LogP contribution in [0.2, 0.25) is -1.01 Å². The van der Waals surface area contributed by atoms with E-state index in [1.807, 2.05) is 6.92 Å². The Kier molecular flexibility index (Phi) is 14.8. The summed E-state index contributed by atoms with van der Waals surface area (Å²) in [5, 5.41) is 0. The van der Waals surface area contributed by atoms with Gasteiger partial charge in [-0.05, 0) is 12.3 Å². The zero-order chi connectivity index (χ0) is 35.1. The van der Waals surface area contributed by atoms with Gasteiger partial charge in [0.2, 0.25) is 0 Å². The molecular formula is C37H63O9Rb. The molecule has 4 heterocycles. The second-order valence-electron chi connectivity index (χ2n) is 15.8. The molecule has 0 aromatic rings. The summed E-state index contributed by atoms with van der Waals surface area (Å²) in [6.07, 6.45) is -2.15. The van der Waals surface area contributed by atoms with Crippen LogP contribution in [0.15, 0.2) is 0 Å². The average Bonchev–Trinajstić information content (AvgIpc) is 3.03. The van der Waals surface area contributed by atoms with Crippen molar-refractivity contribution in [2.24, 2.45) is 47.3 Å². The van der Waals surface area contributed by atoms with E-state index < -0.39 is 30.9 Å². The number of carbonyl (C=O) groups excluding carboxylic acids is 2. The van der Waals surface area contributed by atoms with Crippen LogP contribution >= 0.6 is 0 Å². The van der Waals surface area contributed by atoms with E-state index in [2.05, 4.69) is 69.2 Å². The minimum atomic E-state index is -0.745. The minimum Gasteiger partial charge on any atom is -0.0617 e. The van der Waals surface area contributed by atoms with Gasteiger partial charge in [-0.2, -0.15) is 0 Å². The van der Waals surface area contributed by atoms with E-state index >= 15 is 0 Å². The summed E-state index contributed by atoms with van der Waals surface area (Å²) in [5.41, 5.74) is 0. The monoisotopic (exact) mass is 736 g/mol. The van der Waals surface area contributed by atoms with Gasteiger partial charge in [-0.25, -0.2) is 0 Å². The molecule has 9 nitrogen and oxygen atoms in total. The molecule has 20 atom stereocenters. The molecule has 9 unspecified atom stereocenters. The molecule has 10 heteroatoms. The number of hydrogen-bond acceptors (Lipinski definition) is 9. The molecule has 0 aromatic carbocycles. The van der Waals surface area contributed by atoms with Gasteiger partial charge in [-0.3, -0.25) is 0 Å². The second-order valence-corrected chi connectivity index (χ2v) is 19.1.